The van der Waals surface area contributed by atoms with Gasteiger partial charge in [0.2, 0.25) is 0 Å². The van der Waals surface area contributed by atoms with E-state index in [9.17, 15) is 14.4 Å². The van der Waals surface area contributed by atoms with Crippen LogP contribution in [0.25, 0.3) is 0 Å². The molecule has 0 amide bonds. The van der Waals surface area contributed by atoms with Gasteiger partial charge >= 0.3 is 17.9 Å². The normalized spacial score (nSPS) is 20.5. The van der Waals surface area contributed by atoms with Gasteiger partial charge in [-0.25, -0.2) is 14.4 Å². The van der Waals surface area contributed by atoms with Crippen molar-refractivity contribution in [1.82, 2.24) is 0 Å². The van der Waals surface area contributed by atoms with Crippen molar-refractivity contribution in [3.8, 4) is 0 Å². The Morgan fingerprint density at radius 1 is 0.658 bits per heavy atom. The summed E-state index contributed by atoms with van der Waals surface area (Å²) in [7, 11) is 1.34. The van der Waals surface area contributed by atoms with Crippen LogP contribution in [0.3, 0.4) is 0 Å². The molecule has 198 valence electrons. The number of carbonyl (C=O) groups excluding carboxylic acids is 3. The fraction of sp³-hybridized carbons (Fsp3) is 0.222. The average molecular weight is 580 g/mol. The second-order valence-electron chi connectivity index (χ2n) is 8.14. The molecule has 0 spiro atoms. The molecule has 4 atom stereocenters. The zero-order chi connectivity index (χ0) is 27.2. The number of hydrogen-bond acceptors (Lipinski definition) is 8. The molecular weight excluding hydrogens is 559 g/mol. The molecule has 4 rings (SSSR count). The lowest BCUT2D eigenvalue weighted by Crippen LogP contribution is -2.42. The largest absolute Gasteiger partial charge is 0.459 e. The molecule has 0 radical (unpaired) electrons. The van der Waals surface area contributed by atoms with Crippen molar-refractivity contribution < 1.29 is 38.1 Å². The topological polar surface area (TPSA) is 97.4 Å². The van der Waals surface area contributed by atoms with Gasteiger partial charge in [-0.1, -0.05) is 34.8 Å². The lowest BCUT2D eigenvalue weighted by molar-refractivity contribution is -0.155. The van der Waals surface area contributed by atoms with E-state index in [0.717, 1.165) is 0 Å². The van der Waals surface area contributed by atoms with Crippen molar-refractivity contribution in [2.75, 3.05) is 13.7 Å². The first-order chi connectivity index (χ1) is 18.2. The van der Waals surface area contributed by atoms with Gasteiger partial charge < -0.3 is 23.7 Å². The molecule has 1 fully saturated rings. The van der Waals surface area contributed by atoms with E-state index >= 15 is 0 Å². The fourth-order valence-electron chi connectivity index (χ4n) is 3.67. The van der Waals surface area contributed by atoms with Gasteiger partial charge in [-0.2, -0.15) is 0 Å². The molecule has 11 heteroatoms. The minimum absolute atomic E-state index is 0.204. The third kappa shape index (κ3) is 6.83. The lowest BCUT2D eigenvalue weighted by atomic mass is 10.1. The Labute approximate surface area is 233 Å². The van der Waals surface area contributed by atoms with Gasteiger partial charge in [0.25, 0.3) is 0 Å². The maximum atomic E-state index is 12.9. The van der Waals surface area contributed by atoms with Crippen molar-refractivity contribution in [1.29, 1.82) is 0 Å². The van der Waals surface area contributed by atoms with Crippen LogP contribution in [0.4, 0.5) is 0 Å². The van der Waals surface area contributed by atoms with Crippen molar-refractivity contribution >= 4 is 52.7 Å². The van der Waals surface area contributed by atoms with E-state index in [1.165, 1.54) is 67.8 Å². The Morgan fingerprint density at radius 3 is 1.47 bits per heavy atom. The maximum absolute atomic E-state index is 12.9. The molecule has 1 aliphatic rings. The molecule has 0 unspecified atom stereocenters. The number of carbonyl (C=O) groups is 3. The monoisotopic (exact) mass is 578 g/mol. The standard InChI is InChI=1S/C27H21Cl3O8/c1-34-27-23(38-26(33)17-6-12-20(30)13-7-17)22(37-25(32)16-4-10-19(29)11-5-16)21(36-27)14-35-24(31)15-2-8-18(28)9-3-15/h2-13,21-23,27H,14H2,1H3/t21-,22-,23-,27-/m1/s1. The molecule has 0 aliphatic carbocycles. The Morgan fingerprint density at radius 2 is 1.05 bits per heavy atom. The van der Waals surface area contributed by atoms with Crippen LogP contribution in [-0.2, 0) is 23.7 Å². The van der Waals surface area contributed by atoms with Crippen LogP contribution in [0.15, 0.2) is 72.8 Å². The smallest absolute Gasteiger partial charge is 0.338 e. The van der Waals surface area contributed by atoms with Crippen LogP contribution in [0.2, 0.25) is 15.1 Å². The highest BCUT2D eigenvalue weighted by atomic mass is 35.5. The molecule has 0 N–H and O–H groups in total. The maximum Gasteiger partial charge on any atom is 0.338 e. The third-order valence-electron chi connectivity index (χ3n) is 5.60. The van der Waals surface area contributed by atoms with E-state index in [2.05, 4.69) is 0 Å². The summed E-state index contributed by atoms with van der Waals surface area (Å²) in [6, 6.07) is 18.2. The molecule has 0 saturated carbocycles. The number of halogens is 3. The minimum Gasteiger partial charge on any atom is -0.459 e. The van der Waals surface area contributed by atoms with Crippen LogP contribution < -0.4 is 0 Å². The molecule has 0 bridgehead atoms. The first-order valence-electron chi connectivity index (χ1n) is 11.3. The molecule has 38 heavy (non-hydrogen) atoms. The summed E-state index contributed by atoms with van der Waals surface area (Å²) in [5, 5.41) is 1.34. The summed E-state index contributed by atoms with van der Waals surface area (Å²) >= 11 is 17.7. The second-order valence-corrected chi connectivity index (χ2v) is 9.45. The zero-order valence-corrected chi connectivity index (χ0v) is 22.1. The molecule has 1 saturated heterocycles. The Balaban J connectivity index is 1.55. The minimum atomic E-state index is -1.18. The van der Waals surface area contributed by atoms with Gasteiger partial charge in [-0.05, 0) is 72.8 Å². The summed E-state index contributed by atoms with van der Waals surface area (Å²) in [4.78, 5) is 38.4. The zero-order valence-electron chi connectivity index (χ0n) is 19.8. The van der Waals surface area contributed by atoms with Crippen molar-refractivity contribution in [2.24, 2.45) is 0 Å². The summed E-state index contributed by atoms with van der Waals surface area (Å²) < 4.78 is 28.0. The third-order valence-corrected chi connectivity index (χ3v) is 6.36. The Bertz CT molecular complexity index is 1280. The quantitative estimate of drug-likeness (QED) is 0.250. The van der Waals surface area contributed by atoms with E-state index < -0.39 is 42.5 Å². The molecule has 1 heterocycles. The first-order valence-corrected chi connectivity index (χ1v) is 12.4. The van der Waals surface area contributed by atoms with Gasteiger partial charge in [0.05, 0.1) is 16.7 Å². The van der Waals surface area contributed by atoms with E-state index in [4.69, 9.17) is 58.5 Å². The summed E-state index contributed by atoms with van der Waals surface area (Å²) in [5.74, 6) is -2.10. The van der Waals surface area contributed by atoms with Gasteiger partial charge in [-0.3, -0.25) is 0 Å². The molecule has 8 nitrogen and oxygen atoms in total. The SMILES string of the molecule is CO[C@@H]1O[C@H](COC(=O)c2ccc(Cl)cc2)[C@@H](OC(=O)c2ccc(Cl)cc2)[C@H]1OC(=O)c1ccc(Cl)cc1. The number of benzene rings is 3. The van der Waals surface area contributed by atoms with E-state index in [-0.39, 0.29) is 23.3 Å². The van der Waals surface area contributed by atoms with E-state index in [1.54, 1.807) is 12.1 Å². The number of esters is 3. The average Bonchev–Trinajstić information content (AvgIpc) is 3.24. The van der Waals surface area contributed by atoms with Gasteiger partial charge in [-0.15, -0.1) is 0 Å². The van der Waals surface area contributed by atoms with Crippen LogP contribution >= 0.6 is 34.8 Å². The van der Waals surface area contributed by atoms with E-state index in [0.29, 0.717) is 15.1 Å². The van der Waals surface area contributed by atoms with Crippen LogP contribution in [0, 0.1) is 0 Å². The predicted octanol–water partition coefficient (Wildman–Crippen LogP) is 5.63. The Kier molecular flexibility index (Phi) is 9.25. The number of hydrogen-bond donors (Lipinski definition) is 0. The highest BCUT2D eigenvalue weighted by Gasteiger charge is 2.50. The number of ether oxygens (including phenoxy) is 5. The highest BCUT2D eigenvalue weighted by molar-refractivity contribution is 6.31. The number of methoxy groups -OCH3 is 1. The predicted molar refractivity (Wildman–Crippen MR) is 139 cm³/mol. The van der Waals surface area contributed by atoms with E-state index in [1.807, 2.05) is 0 Å². The van der Waals surface area contributed by atoms with Gasteiger partial charge in [0, 0.05) is 22.2 Å². The molecule has 0 aromatic heterocycles. The summed E-state index contributed by atoms with van der Waals surface area (Å²) in [5.41, 5.74) is 0.677. The fourth-order valence-corrected chi connectivity index (χ4v) is 4.04. The molecule has 1 aliphatic heterocycles. The van der Waals surface area contributed by atoms with Crippen LogP contribution in [0.1, 0.15) is 31.1 Å². The lowest BCUT2D eigenvalue weighted by Gasteiger charge is -2.24. The Hall–Kier alpha value is -3.14. The molecule has 3 aromatic rings. The van der Waals surface area contributed by atoms with Gasteiger partial charge in [0.15, 0.2) is 18.5 Å². The highest BCUT2D eigenvalue weighted by Crippen LogP contribution is 2.30. The second kappa shape index (κ2) is 12.6. The summed E-state index contributed by atoms with van der Waals surface area (Å²) in [6.07, 6.45) is -4.50. The number of rotatable bonds is 8. The van der Waals surface area contributed by atoms with Gasteiger partial charge in [0.1, 0.15) is 12.7 Å². The molecule has 3 aromatic carbocycles. The van der Waals surface area contributed by atoms with Crippen LogP contribution in [0.5, 0.6) is 0 Å². The van der Waals surface area contributed by atoms with Crippen molar-refractivity contribution in [3.05, 3.63) is 105 Å². The van der Waals surface area contributed by atoms with Crippen LogP contribution in [-0.4, -0.2) is 56.2 Å². The first kappa shape index (κ1) is 27.9. The van der Waals surface area contributed by atoms with Crippen molar-refractivity contribution in [2.45, 2.75) is 24.6 Å². The molecular formula is C27H21Cl3O8. The van der Waals surface area contributed by atoms with Crippen molar-refractivity contribution in [3.63, 3.8) is 0 Å². The summed E-state index contributed by atoms with van der Waals surface area (Å²) in [6.45, 7) is -0.325.